The van der Waals surface area contributed by atoms with Gasteiger partial charge in [0.25, 0.3) is 0 Å². The number of likely N-dealkylation sites (N-methyl/N-ethyl adjacent to an activating group) is 1. The normalized spacial score (nSPS) is 11.7. The second-order valence-electron chi connectivity index (χ2n) is 7.48. The van der Waals surface area contributed by atoms with Gasteiger partial charge < -0.3 is 25.2 Å². The first-order valence-electron chi connectivity index (χ1n) is 9.54. The van der Waals surface area contributed by atoms with Gasteiger partial charge in [0.2, 0.25) is 0 Å². The van der Waals surface area contributed by atoms with Crippen molar-refractivity contribution in [2.24, 2.45) is 0 Å². The zero-order valence-corrected chi connectivity index (χ0v) is 18.0. The molecule has 7 heteroatoms. The van der Waals surface area contributed by atoms with E-state index in [4.69, 9.17) is 4.74 Å². The molecule has 29 heavy (non-hydrogen) atoms. The molecule has 0 bridgehead atoms. The molecular weight excluding hydrogens is 368 g/mol. The molecule has 0 aliphatic carbocycles. The van der Waals surface area contributed by atoms with Crippen molar-refractivity contribution >= 4 is 23.2 Å². The van der Waals surface area contributed by atoms with Gasteiger partial charge >= 0.3 is 11.8 Å². The fraction of sp³-hybridized carbons (Fsp3) is 0.364. The van der Waals surface area contributed by atoms with Crippen LogP contribution in [0.25, 0.3) is 0 Å². The standard InChI is InChI=1S/C22H30N4O3/c1-15-7-12-20(29-6)18(13-15)24-22(28)21(27)23-14-19(26(4)5)16-8-10-17(11-9-16)25(2)3/h7-13,19H,14H2,1-6H3,(H,23,27)(H,24,28)/p+1/t19-/m1/s1. The van der Waals surface area contributed by atoms with Crippen molar-refractivity contribution in [2.75, 3.05) is 52.1 Å². The highest BCUT2D eigenvalue weighted by Crippen LogP contribution is 2.25. The van der Waals surface area contributed by atoms with Crippen molar-refractivity contribution in [3.63, 3.8) is 0 Å². The van der Waals surface area contributed by atoms with E-state index in [9.17, 15) is 9.59 Å². The van der Waals surface area contributed by atoms with Crippen LogP contribution in [0.2, 0.25) is 0 Å². The molecule has 0 unspecified atom stereocenters. The van der Waals surface area contributed by atoms with E-state index in [1.54, 1.807) is 12.1 Å². The summed E-state index contributed by atoms with van der Waals surface area (Å²) in [5, 5.41) is 5.38. The Morgan fingerprint density at radius 1 is 1.07 bits per heavy atom. The van der Waals surface area contributed by atoms with Crippen LogP contribution in [0.1, 0.15) is 17.2 Å². The van der Waals surface area contributed by atoms with Crippen molar-refractivity contribution in [2.45, 2.75) is 13.0 Å². The quantitative estimate of drug-likeness (QED) is 0.608. The molecule has 2 aromatic carbocycles. The molecule has 3 N–H and O–H groups in total. The lowest BCUT2D eigenvalue weighted by molar-refractivity contribution is -0.890. The Kier molecular flexibility index (Phi) is 7.61. The fourth-order valence-electron chi connectivity index (χ4n) is 3.03. The number of aryl methyl sites for hydroxylation is 1. The minimum atomic E-state index is -0.718. The van der Waals surface area contributed by atoms with Crippen LogP contribution in [0.15, 0.2) is 42.5 Å². The van der Waals surface area contributed by atoms with Gasteiger partial charge in [0.1, 0.15) is 11.8 Å². The Balaban J connectivity index is 2.03. The molecule has 0 aliphatic rings. The van der Waals surface area contributed by atoms with E-state index >= 15 is 0 Å². The summed E-state index contributed by atoms with van der Waals surface area (Å²) in [7, 11) is 9.55. The van der Waals surface area contributed by atoms with Crippen LogP contribution < -0.4 is 25.2 Å². The highest BCUT2D eigenvalue weighted by molar-refractivity contribution is 6.39. The Labute approximate surface area is 172 Å². The Morgan fingerprint density at radius 2 is 1.72 bits per heavy atom. The molecule has 0 fully saturated rings. The van der Waals surface area contributed by atoms with Crippen molar-refractivity contribution in [3.05, 3.63) is 53.6 Å². The number of hydrogen-bond acceptors (Lipinski definition) is 4. The summed E-state index contributed by atoms with van der Waals surface area (Å²) in [5.74, 6) is -0.887. The number of carbonyl (C=O) groups excluding carboxylic acids is 2. The average molecular weight is 400 g/mol. The molecule has 0 saturated heterocycles. The van der Waals surface area contributed by atoms with E-state index in [0.29, 0.717) is 18.0 Å². The van der Waals surface area contributed by atoms with Crippen molar-refractivity contribution in [3.8, 4) is 5.75 Å². The molecular formula is C22H31N4O3+. The largest absolute Gasteiger partial charge is 0.495 e. The van der Waals surface area contributed by atoms with Crippen LogP contribution in [0.5, 0.6) is 5.75 Å². The summed E-state index contributed by atoms with van der Waals surface area (Å²) < 4.78 is 5.24. The summed E-state index contributed by atoms with van der Waals surface area (Å²) in [6, 6.07) is 13.6. The summed E-state index contributed by atoms with van der Waals surface area (Å²) in [6.45, 7) is 2.25. The van der Waals surface area contributed by atoms with Gasteiger partial charge in [-0.05, 0) is 36.8 Å². The third-order valence-corrected chi connectivity index (χ3v) is 4.78. The van der Waals surface area contributed by atoms with Crippen LogP contribution in [0.4, 0.5) is 11.4 Å². The lowest BCUT2D eigenvalue weighted by Crippen LogP contribution is -3.07. The number of methoxy groups -OCH3 is 1. The maximum absolute atomic E-state index is 12.4. The van der Waals surface area contributed by atoms with E-state index < -0.39 is 11.8 Å². The predicted octanol–water partition coefficient (Wildman–Crippen LogP) is 1.01. The van der Waals surface area contributed by atoms with E-state index in [2.05, 4.69) is 22.8 Å². The van der Waals surface area contributed by atoms with Gasteiger partial charge in [0.15, 0.2) is 0 Å². The zero-order valence-electron chi connectivity index (χ0n) is 18.0. The number of nitrogens with one attached hydrogen (secondary N) is 3. The van der Waals surface area contributed by atoms with Crippen LogP contribution in [0.3, 0.4) is 0 Å². The molecule has 0 radical (unpaired) electrons. The molecule has 2 amide bonds. The van der Waals surface area contributed by atoms with Crippen LogP contribution >= 0.6 is 0 Å². The van der Waals surface area contributed by atoms with Crippen molar-refractivity contribution in [1.29, 1.82) is 0 Å². The maximum atomic E-state index is 12.4. The fourth-order valence-corrected chi connectivity index (χ4v) is 3.03. The minimum Gasteiger partial charge on any atom is -0.495 e. The Morgan fingerprint density at radius 3 is 2.28 bits per heavy atom. The number of benzene rings is 2. The molecule has 1 atom stereocenters. The van der Waals surface area contributed by atoms with Crippen molar-refractivity contribution in [1.82, 2.24) is 5.32 Å². The maximum Gasteiger partial charge on any atom is 0.313 e. The van der Waals surface area contributed by atoms with E-state index in [1.807, 2.05) is 58.2 Å². The average Bonchev–Trinajstić information content (AvgIpc) is 2.68. The van der Waals surface area contributed by atoms with Gasteiger partial charge in [-0.2, -0.15) is 0 Å². The number of ether oxygens (including phenoxy) is 1. The number of amides is 2. The van der Waals surface area contributed by atoms with E-state index in [-0.39, 0.29) is 6.04 Å². The second kappa shape index (κ2) is 9.93. The molecule has 2 aromatic rings. The van der Waals surface area contributed by atoms with E-state index in [1.165, 1.54) is 7.11 Å². The first-order valence-corrected chi connectivity index (χ1v) is 9.54. The van der Waals surface area contributed by atoms with Crippen LogP contribution in [-0.4, -0.2) is 53.7 Å². The van der Waals surface area contributed by atoms with Crippen molar-refractivity contribution < 1.29 is 19.2 Å². The third-order valence-electron chi connectivity index (χ3n) is 4.78. The molecule has 0 aliphatic heterocycles. The number of nitrogens with zero attached hydrogens (tertiary/aromatic N) is 1. The Bertz CT molecular complexity index is 848. The summed E-state index contributed by atoms with van der Waals surface area (Å²) in [6.07, 6.45) is 0. The molecule has 0 spiro atoms. The molecule has 0 aromatic heterocycles. The highest BCUT2D eigenvalue weighted by atomic mass is 16.5. The second-order valence-corrected chi connectivity index (χ2v) is 7.48. The minimum absolute atomic E-state index is 0.0245. The SMILES string of the molecule is COc1ccc(C)cc1NC(=O)C(=O)NC[C@H](c1ccc(N(C)C)cc1)[NH+](C)C. The number of hydrogen-bond donors (Lipinski definition) is 3. The monoisotopic (exact) mass is 399 g/mol. The van der Waals surface area contributed by atoms with E-state index in [0.717, 1.165) is 21.7 Å². The smallest absolute Gasteiger partial charge is 0.313 e. The highest BCUT2D eigenvalue weighted by Gasteiger charge is 2.22. The van der Waals surface area contributed by atoms with Gasteiger partial charge in [-0.15, -0.1) is 0 Å². The zero-order chi connectivity index (χ0) is 21.6. The van der Waals surface area contributed by atoms with Gasteiger partial charge in [0, 0.05) is 25.3 Å². The molecule has 0 saturated carbocycles. The van der Waals surface area contributed by atoms with Gasteiger partial charge in [-0.3, -0.25) is 9.59 Å². The first-order chi connectivity index (χ1) is 13.7. The molecule has 156 valence electrons. The number of carbonyl (C=O) groups is 2. The Hall–Kier alpha value is -3.06. The third kappa shape index (κ3) is 5.96. The van der Waals surface area contributed by atoms with Gasteiger partial charge in [-0.25, -0.2) is 0 Å². The summed E-state index contributed by atoms with van der Waals surface area (Å²) in [4.78, 5) is 27.9. The van der Waals surface area contributed by atoms with Gasteiger partial charge in [0.05, 0.1) is 33.4 Å². The number of quaternary nitrogens is 1. The summed E-state index contributed by atoms with van der Waals surface area (Å²) >= 11 is 0. The van der Waals surface area contributed by atoms with Gasteiger partial charge in [-0.1, -0.05) is 18.2 Å². The number of anilines is 2. The lowest BCUT2D eigenvalue weighted by atomic mass is 10.1. The van der Waals surface area contributed by atoms with Crippen LogP contribution in [0, 0.1) is 6.92 Å². The lowest BCUT2D eigenvalue weighted by Gasteiger charge is -2.23. The molecule has 0 heterocycles. The number of rotatable bonds is 7. The first kappa shape index (κ1) is 22.2. The predicted molar refractivity (Wildman–Crippen MR) is 116 cm³/mol. The summed E-state index contributed by atoms with van der Waals surface area (Å²) in [5.41, 5.74) is 3.63. The topological polar surface area (TPSA) is 75.1 Å². The molecule has 2 rings (SSSR count). The van der Waals surface area contributed by atoms with Crippen LogP contribution in [-0.2, 0) is 9.59 Å². The molecule has 7 nitrogen and oxygen atoms in total.